The lowest BCUT2D eigenvalue weighted by Gasteiger charge is -2.21. The molecule has 0 aromatic heterocycles. The van der Waals surface area contributed by atoms with E-state index in [0.29, 0.717) is 19.4 Å². The van der Waals surface area contributed by atoms with Gasteiger partial charge in [-0.15, -0.1) is 0 Å². The van der Waals surface area contributed by atoms with Crippen LogP contribution < -0.4 is 10.6 Å². The predicted molar refractivity (Wildman–Crippen MR) is 116 cm³/mol. The maximum atomic E-state index is 12.7. The van der Waals surface area contributed by atoms with Crippen molar-refractivity contribution in [1.82, 2.24) is 10.6 Å². The highest BCUT2D eigenvalue weighted by Crippen LogP contribution is 2.25. The summed E-state index contributed by atoms with van der Waals surface area (Å²) in [4.78, 5) is 36.1. The van der Waals surface area contributed by atoms with Crippen molar-refractivity contribution in [2.75, 3.05) is 13.7 Å². The van der Waals surface area contributed by atoms with Crippen LogP contribution in [0.3, 0.4) is 0 Å². The molecule has 172 valence electrons. The van der Waals surface area contributed by atoms with E-state index in [1.807, 2.05) is 30.3 Å². The summed E-state index contributed by atoms with van der Waals surface area (Å²) in [6.45, 7) is 0.328. The molecule has 0 heterocycles. The van der Waals surface area contributed by atoms with Gasteiger partial charge < -0.3 is 30.7 Å². The number of benzene rings is 2. The maximum absolute atomic E-state index is 12.7. The Morgan fingerprint density at radius 2 is 1.69 bits per heavy atom. The average molecular weight is 444 g/mol. The zero-order valence-electron chi connectivity index (χ0n) is 17.8. The van der Waals surface area contributed by atoms with Crippen molar-refractivity contribution in [3.05, 3.63) is 59.7 Å². The lowest BCUT2D eigenvalue weighted by Crippen LogP contribution is -2.52. The number of carboxylic acid groups (broad SMARTS) is 1. The lowest BCUT2D eigenvalue weighted by molar-refractivity contribution is -0.145. The highest BCUT2D eigenvalue weighted by Gasteiger charge is 2.27. The van der Waals surface area contributed by atoms with Crippen LogP contribution in [0.25, 0.3) is 0 Å². The number of esters is 1. The number of carbonyl (C=O) groups is 3. The molecule has 2 rings (SSSR count). The molecule has 1 amide bonds. The second-order valence-electron chi connectivity index (χ2n) is 7.31. The van der Waals surface area contributed by atoms with Crippen LogP contribution in [0.1, 0.15) is 24.0 Å². The van der Waals surface area contributed by atoms with Gasteiger partial charge in [0.05, 0.1) is 19.6 Å². The van der Waals surface area contributed by atoms with Crippen molar-refractivity contribution in [3.8, 4) is 11.5 Å². The second-order valence-corrected chi connectivity index (χ2v) is 7.31. The number of methoxy groups -OCH3 is 1. The van der Waals surface area contributed by atoms with Crippen molar-refractivity contribution in [3.63, 3.8) is 0 Å². The summed E-state index contributed by atoms with van der Waals surface area (Å²) in [5.74, 6) is -2.81. The molecule has 0 spiro atoms. The quantitative estimate of drug-likeness (QED) is 0.187. The SMILES string of the molecule is COC(=O)[C@@H](Cc1ccccc1)NC(=O)[C@@H](CC(=O)O)NCCCc1ccc(O)c(O)c1. The molecule has 0 aliphatic rings. The number of aliphatic carboxylic acids is 1. The molecule has 5 N–H and O–H groups in total. The zero-order valence-corrected chi connectivity index (χ0v) is 17.8. The van der Waals surface area contributed by atoms with Crippen LogP contribution in [0.4, 0.5) is 0 Å². The number of aryl methyl sites for hydroxylation is 1. The largest absolute Gasteiger partial charge is 0.504 e. The van der Waals surface area contributed by atoms with E-state index in [4.69, 9.17) is 4.74 Å². The molecule has 2 aromatic rings. The van der Waals surface area contributed by atoms with E-state index >= 15 is 0 Å². The molecular formula is C23H28N2O7. The van der Waals surface area contributed by atoms with Gasteiger partial charge in [-0.25, -0.2) is 4.79 Å². The van der Waals surface area contributed by atoms with E-state index in [0.717, 1.165) is 11.1 Å². The van der Waals surface area contributed by atoms with Gasteiger partial charge in [-0.05, 0) is 42.6 Å². The summed E-state index contributed by atoms with van der Waals surface area (Å²) in [5, 5.41) is 33.6. The lowest BCUT2D eigenvalue weighted by atomic mass is 10.0. The second kappa shape index (κ2) is 12.3. The van der Waals surface area contributed by atoms with E-state index in [2.05, 4.69) is 10.6 Å². The average Bonchev–Trinajstić information content (AvgIpc) is 2.77. The number of rotatable bonds is 12. The van der Waals surface area contributed by atoms with Gasteiger partial charge in [0, 0.05) is 6.42 Å². The van der Waals surface area contributed by atoms with Crippen LogP contribution in [-0.4, -0.2) is 58.9 Å². The third-order valence-corrected chi connectivity index (χ3v) is 4.85. The van der Waals surface area contributed by atoms with E-state index in [1.54, 1.807) is 6.07 Å². The molecule has 0 bridgehead atoms. The first-order valence-electron chi connectivity index (χ1n) is 10.2. The van der Waals surface area contributed by atoms with Crippen molar-refractivity contribution < 1.29 is 34.4 Å². The zero-order chi connectivity index (χ0) is 23.5. The molecule has 9 heteroatoms. The summed E-state index contributed by atoms with van der Waals surface area (Å²) < 4.78 is 4.78. The summed E-state index contributed by atoms with van der Waals surface area (Å²) in [6, 6.07) is 11.6. The Bertz CT molecular complexity index is 918. The van der Waals surface area contributed by atoms with Gasteiger partial charge in [0.1, 0.15) is 6.04 Å². The molecule has 2 atom stereocenters. The Labute approximate surface area is 186 Å². The number of hydrogen-bond donors (Lipinski definition) is 5. The Morgan fingerprint density at radius 1 is 0.969 bits per heavy atom. The molecule has 2 aromatic carbocycles. The summed E-state index contributed by atoms with van der Waals surface area (Å²) in [7, 11) is 1.22. The van der Waals surface area contributed by atoms with Gasteiger partial charge in [0.25, 0.3) is 0 Å². The Kier molecular flexibility index (Phi) is 9.49. The first-order chi connectivity index (χ1) is 15.3. The standard InChI is InChI=1S/C23H28N2O7/c1-32-23(31)18(12-15-6-3-2-4-7-15)25-22(30)17(14-21(28)29)24-11-5-8-16-9-10-19(26)20(27)13-16/h2-4,6-7,9-10,13,17-18,24,26-27H,5,8,11-12,14H2,1H3,(H,25,30)(H,28,29)/t17-,18-/m1/s1. The number of aromatic hydroxyl groups is 2. The number of nitrogens with one attached hydrogen (secondary N) is 2. The normalized spacial score (nSPS) is 12.5. The fourth-order valence-electron chi connectivity index (χ4n) is 3.18. The molecule has 0 aliphatic carbocycles. The Hall–Kier alpha value is -3.59. The number of amides is 1. The molecule has 32 heavy (non-hydrogen) atoms. The Balaban J connectivity index is 1.96. The van der Waals surface area contributed by atoms with Gasteiger partial charge in [-0.1, -0.05) is 36.4 Å². The van der Waals surface area contributed by atoms with Gasteiger partial charge in [-0.2, -0.15) is 0 Å². The monoisotopic (exact) mass is 444 g/mol. The number of carboxylic acids is 1. The minimum absolute atomic E-state index is 0.208. The van der Waals surface area contributed by atoms with Gasteiger partial charge in [0.15, 0.2) is 11.5 Å². The van der Waals surface area contributed by atoms with Crippen LogP contribution in [0.2, 0.25) is 0 Å². The smallest absolute Gasteiger partial charge is 0.328 e. The molecule has 0 radical (unpaired) electrons. The van der Waals surface area contributed by atoms with Crippen molar-refractivity contribution in [2.45, 2.75) is 37.8 Å². The van der Waals surface area contributed by atoms with E-state index in [9.17, 15) is 29.7 Å². The number of phenols is 2. The van der Waals surface area contributed by atoms with E-state index in [1.165, 1.54) is 19.2 Å². The minimum atomic E-state index is -1.15. The molecule has 0 unspecified atom stereocenters. The number of hydrogen-bond acceptors (Lipinski definition) is 7. The number of carbonyl (C=O) groups excluding carboxylic acids is 2. The van der Waals surface area contributed by atoms with Crippen molar-refractivity contribution >= 4 is 17.8 Å². The van der Waals surface area contributed by atoms with Crippen molar-refractivity contribution in [2.24, 2.45) is 0 Å². The first-order valence-corrected chi connectivity index (χ1v) is 10.2. The first kappa shape index (κ1) is 24.7. The number of ether oxygens (including phenoxy) is 1. The highest BCUT2D eigenvalue weighted by molar-refractivity contribution is 5.90. The summed E-state index contributed by atoms with van der Waals surface area (Å²) in [6.07, 6.45) is 0.855. The molecule has 0 saturated carbocycles. The summed E-state index contributed by atoms with van der Waals surface area (Å²) in [5.41, 5.74) is 1.61. The van der Waals surface area contributed by atoms with Gasteiger partial charge >= 0.3 is 11.9 Å². The van der Waals surface area contributed by atoms with E-state index in [-0.39, 0.29) is 17.9 Å². The maximum Gasteiger partial charge on any atom is 0.328 e. The molecule has 9 nitrogen and oxygen atoms in total. The van der Waals surface area contributed by atoms with Gasteiger partial charge in [0.2, 0.25) is 5.91 Å². The molecule has 0 aliphatic heterocycles. The van der Waals surface area contributed by atoms with Crippen LogP contribution in [-0.2, 0) is 32.0 Å². The fourth-order valence-corrected chi connectivity index (χ4v) is 3.18. The predicted octanol–water partition coefficient (Wildman–Crippen LogP) is 1.36. The number of phenolic OH excluding ortho intramolecular Hbond substituents is 2. The van der Waals surface area contributed by atoms with Crippen LogP contribution in [0.15, 0.2) is 48.5 Å². The highest BCUT2D eigenvalue weighted by atomic mass is 16.5. The van der Waals surface area contributed by atoms with Crippen LogP contribution >= 0.6 is 0 Å². The van der Waals surface area contributed by atoms with Crippen LogP contribution in [0, 0.1) is 0 Å². The Morgan fingerprint density at radius 3 is 2.31 bits per heavy atom. The topological polar surface area (TPSA) is 145 Å². The third kappa shape index (κ3) is 7.92. The fraction of sp³-hybridized carbons (Fsp3) is 0.348. The van der Waals surface area contributed by atoms with Gasteiger partial charge in [-0.3, -0.25) is 9.59 Å². The van der Waals surface area contributed by atoms with E-state index < -0.39 is 36.4 Å². The third-order valence-electron chi connectivity index (χ3n) is 4.85. The molecular weight excluding hydrogens is 416 g/mol. The van der Waals surface area contributed by atoms with Crippen LogP contribution in [0.5, 0.6) is 11.5 Å². The molecule has 0 fully saturated rings. The summed E-state index contributed by atoms with van der Waals surface area (Å²) >= 11 is 0. The molecule has 0 saturated heterocycles. The van der Waals surface area contributed by atoms with Crippen molar-refractivity contribution in [1.29, 1.82) is 0 Å². The minimum Gasteiger partial charge on any atom is -0.504 e.